The number of hydrogen-bond acceptors (Lipinski definition) is 3. The van der Waals surface area contributed by atoms with Crippen molar-refractivity contribution in [2.24, 2.45) is 0 Å². The normalized spacial score (nSPS) is 10.5. The minimum Gasteiger partial charge on any atom is -0.740 e. The second kappa shape index (κ2) is 4.16. The Morgan fingerprint density at radius 3 is 2.87 bits per heavy atom. The molecule has 5 heteroatoms. The number of hydrogen-bond donors (Lipinski definition) is 0. The van der Waals surface area contributed by atoms with Gasteiger partial charge in [-0.25, -0.2) is 0 Å². The Hall–Kier alpha value is -1.13. The Labute approximate surface area is 98.5 Å². The van der Waals surface area contributed by atoms with Crippen LogP contribution < -0.4 is 0 Å². The summed E-state index contributed by atoms with van der Waals surface area (Å²) in [5, 5.41) is 9.12. The van der Waals surface area contributed by atoms with Crippen LogP contribution in [0.3, 0.4) is 0 Å². The lowest BCUT2D eigenvalue weighted by Crippen LogP contribution is -1.99. The second-order valence-electron chi connectivity index (χ2n) is 3.06. The molecule has 78 valence electrons. The highest BCUT2D eigenvalue weighted by Crippen LogP contribution is 2.21. The molecular formula is C10H9ClN3S-. The van der Waals surface area contributed by atoms with Gasteiger partial charge in [-0.05, 0) is 19.1 Å². The van der Waals surface area contributed by atoms with E-state index >= 15 is 0 Å². The van der Waals surface area contributed by atoms with Gasteiger partial charge in [-0.15, -0.1) is 5.10 Å². The molecule has 0 aliphatic heterocycles. The van der Waals surface area contributed by atoms with Crippen LogP contribution in [0.15, 0.2) is 29.4 Å². The predicted molar refractivity (Wildman–Crippen MR) is 61.8 cm³/mol. The molecule has 0 aliphatic rings. The maximum absolute atomic E-state index is 5.91. The molecule has 3 nitrogen and oxygen atoms in total. The summed E-state index contributed by atoms with van der Waals surface area (Å²) in [4.78, 5) is 0. The van der Waals surface area contributed by atoms with E-state index in [0.717, 1.165) is 17.9 Å². The Morgan fingerprint density at radius 2 is 2.20 bits per heavy atom. The highest BCUT2D eigenvalue weighted by atomic mass is 35.5. The number of aromatic nitrogens is 3. The molecule has 15 heavy (non-hydrogen) atoms. The van der Waals surface area contributed by atoms with Crippen molar-refractivity contribution < 1.29 is 0 Å². The summed E-state index contributed by atoms with van der Waals surface area (Å²) >= 11 is 11.0. The van der Waals surface area contributed by atoms with Crippen molar-refractivity contribution in [3.63, 3.8) is 0 Å². The largest absolute Gasteiger partial charge is 0.740 e. The summed E-state index contributed by atoms with van der Waals surface area (Å²) in [7, 11) is 0. The number of halogens is 1. The minimum absolute atomic E-state index is 0.507. The average molecular weight is 239 g/mol. The lowest BCUT2D eigenvalue weighted by molar-refractivity contribution is 0.689. The van der Waals surface area contributed by atoms with E-state index in [1.807, 2.05) is 35.8 Å². The van der Waals surface area contributed by atoms with Gasteiger partial charge in [0.2, 0.25) is 0 Å². The van der Waals surface area contributed by atoms with E-state index in [-0.39, 0.29) is 0 Å². The zero-order valence-electron chi connectivity index (χ0n) is 8.14. The molecule has 0 atom stereocenters. The van der Waals surface area contributed by atoms with Crippen LogP contribution in [0.2, 0.25) is 5.02 Å². The number of benzene rings is 1. The monoisotopic (exact) mass is 238 g/mol. The highest BCUT2D eigenvalue weighted by Gasteiger charge is 2.06. The molecule has 2 aromatic rings. The molecule has 1 aromatic heterocycles. The lowest BCUT2D eigenvalue weighted by atomic mass is 10.2. The van der Waals surface area contributed by atoms with Crippen molar-refractivity contribution in [2.75, 3.05) is 0 Å². The molecule has 2 rings (SSSR count). The Morgan fingerprint density at radius 1 is 1.40 bits per heavy atom. The molecule has 1 heterocycles. The van der Waals surface area contributed by atoms with Gasteiger partial charge in [0.1, 0.15) is 0 Å². The van der Waals surface area contributed by atoms with Gasteiger partial charge in [-0.3, -0.25) is 0 Å². The number of nitrogens with zero attached hydrogens (tertiary/aromatic N) is 3. The van der Waals surface area contributed by atoms with Crippen LogP contribution in [0.1, 0.15) is 6.92 Å². The van der Waals surface area contributed by atoms with Crippen molar-refractivity contribution >= 4 is 24.2 Å². The maximum atomic E-state index is 5.91. The smallest absolute Gasteiger partial charge is 0.162 e. The molecule has 0 spiro atoms. The summed E-state index contributed by atoms with van der Waals surface area (Å²) < 4.78 is 1.88. The SMILES string of the molecule is CCn1c([S-])nnc1-c1cccc(Cl)c1. The first kappa shape index (κ1) is 10.4. The molecule has 0 N–H and O–H groups in total. The van der Waals surface area contributed by atoms with E-state index in [9.17, 15) is 0 Å². The van der Waals surface area contributed by atoms with E-state index in [2.05, 4.69) is 10.2 Å². The fraction of sp³-hybridized carbons (Fsp3) is 0.200. The summed E-state index contributed by atoms with van der Waals surface area (Å²) in [6.07, 6.45) is 0. The molecule has 0 unspecified atom stereocenters. The zero-order valence-corrected chi connectivity index (χ0v) is 9.72. The van der Waals surface area contributed by atoms with Crippen LogP contribution in [0.4, 0.5) is 0 Å². The van der Waals surface area contributed by atoms with E-state index in [1.165, 1.54) is 0 Å². The minimum atomic E-state index is 0.507. The maximum Gasteiger partial charge on any atom is 0.162 e. The highest BCUT2D eigenvalue weighted by molar-refractivity contribution is 7.58. The topological polar surface area (TPSA) is 30.7 Å². The third-order valence-corrected chi connectivity index (χ3v) is 2.65. The van der Waals surface area contributed by atoms with Gasteiger partial charge in [-0.2, -0.15) is 5.10 Å². The summed E-state index contributed by atoms with van der Waals surface area (Å²) in [6.45, 7) is 2.76. The van der Waals surface area contributed by atoms with E-state index < -0.39 is 0 Å². The number of rotatable bonds is 2. The van der Waals surface area contributed by atoms with Gasteiger partial charge in [0.15, 0.2) is 5.82 Å². The predicted octanol–water partition coefficient (Wildman–Crippen LogP) is 2.52. The van der Waals surface area contributed by atoms with Crippen molar-refractivity contribution in [3.05, 3.63) is 29.3 Å². The van der Waals surface area contributed by atoms with Crippen molar-refractivity contribution in [1.82, 2.24) is 14.8 Å². The quantitative estimate of drug-likeness (QED) is 0.754. The van der Waals surface area contributed by atoms with Crippen LogP contribution in [-0.2, 0) is 19.2 Å². The Balaban J connectivity index is 2.54. The van der Waals surface area contributed by atoms with Gasteiger partial charge in [0, 0.05) is 22.3 Å². The Kier molecular flexibility index (Phi) is 2.88. The van der Waals surface area contributed by atoms with Crippen molar-refractivity contribution in [3.8, 4) is 11.4 Å². The molecular weight excluding hydrogens is 230 g/mol. The van der Waals surface area contributed by atoms with E-state index in [0.29, 0.717) is 10.2 Å². The van der Waals surface area contributed by atoms with Crippen LogP contribution in [0.25, 0.3) is 11.4 Å². The molecule has 0 bridgehead atoms. The molecule has 0 saturated carbocycles. The summed E-state index contributed by atoms with van der Waals surface area (Å²) in [6, 6.07) is 7.51. The fourth-order valence-electron chi connectivity index (χ4n) is 1.41. The van der Waals surface area contributed by atoms with Gasteiger partial charge in [0.25, 0.3) is 0 Å². The van der Waals surface area contributed by atoms with Gasteiger partial charge in [-0.1, -0.05) is 23.7 Å². The first-order valence-corrected chi connectivity index (χ1v) is 5.37. The van der Waals surface area contributed by atoms with Crippen LogP contribution in [0, 0.1) is 0 Å². The first-order chi connectivity index (χ1) is 7.22. The van der Waals surface area contributed by atoms with Crippen molar-refractivity contribution in [2.45, 2.75) is 18.6 Å². The molecule has 0 fully saturated rings. The van der Waals surface area contributed by atoms with Gasteiger partial charge in [0.05, 0.1) is 0 Å². The van der Waals surface area contributed by atoms with Gasteiger partial charge < -0.3 is 17.2 Å². The fourth-order valence-corrected chi connectivity index (χ4v) is 1.86. The average Bonchev–Trinajstić information content (AvgIpc) is 2.59. The molecule has 0 saturated heterocycles. The van der Waals surface area contributed by atoms with Crippen LogP contribution in [0.5, 0.6) is 0 Å². The van der Waals surface area contributed by atoms with Gasteiger partial charge >= 0.3 is 0 Å². The lowest BCUT2D eigenvalue weighted by Gasteiger charge is -2.09. The van der Waals surface area contributed by atoms with Crippen molar-refractivity contribution in [1.29, 1.82) is 0 Å². The molecule has 0 radical (unpaired) electrons. The van der Waals surface area contributed by atoms with Crippen LogP contribution in [-0.4, -0.2) is 14.8 Å². The zero-order chi connectivity index (χ0) is 10.8. The van der Waals surface area contributed by atoms with E-state index in [4.69, 9.17) is 24.2 Å². The standard InChI is InChI=1S/C10H10ClN3S/c1-2-14-9(12-13-10(14)15)7-4-3-5-8(11)6-7/h3-6H,2H2,1H3,(H,13,15)/p-1. The second-order valence-corrected chi connectivity index (χ2v) is 3.86. The summed E-state index contributed by atoms with van der Waals surface area (Å²) in [5.74, 6) is 0.769. The third kappa shape index (κ3) is 1.96. The first-order valence-electron chi connectivity index (χ1n) is 4.58. The molecule has 1 aromatic carbocycles. The molecule has 0 amide bonds. The van der Waals surface area contributed by atoms with Crippen LogP contribution >= 0.6 is 11.6 Å². The van der Waals surface area contributed by atoms with E-state index in [1.54, 1.807) is 0 Å². The summed E-state index contributed by atoms with van der Waals surface area (Å²) in [5.41, 5.74) is 0.938. The molecule has 0 aliphatic carbocycles. The Bertz CT molecular complexity index is 481. The third-order valence-electron chi connectivity index (χ3n) is 2.12.